The number of nitrogens with one attached hydrogen (secondary N) is 2. The molecule has 2 N–H and O–H groups in total. The van der Waals surface area contributed by atoms with Gasteiger partial charge in [0.1, 0.15) is 5.65 Å². The Morgan fingerprint density at radius 1 is 1.17 bits per heavy atom. The van der Waals surface area contributed by atoms with Crippen LogP contribution in [0.1, 0.15) is 19.4 Å². The molecular formula is C27H31N7O. The van der Waals surface area contributed by atoms with Gasteiger partial charge in [-0.1, -0.05) is 18.2 Å². The largest absolute Gasteiger partial charge is 0.369 e. The maximum absolute atomic E-state index is 11.9. The molecule has 35 heavy (non-hydrogen) atoms. The van der Waals surface area contributed by atoms with E-state index in [9.17, 15) is 4.79 Å². The van der Waals surface area contributed by atoms with Gasteiger partial charge in [0.25, 0.3) is 0 Å². The van der Waals surface area contributed by atoms with Crippen molar-refractivity contribution in [1.82, 2.24) is 19.9 Å². The number of hydrogen-bond acceptors (Lipinski definition) is 6. The third kappa shape index (κ3) is 4.97. The molecule has 0 aliphatic carbocycles. The predicted octanol–water partition coefficient (Wildman–Crippen LogP) is 4.00. The van der Waals surface area contributed by atoms with E-state index in [1.807, 2.05) is 42.7 Å². The molecule has 2 aromatic heterocycles. The monoisotopic (exact) mass is 469 g/mol. The summed E-state index contributed by atoms with van der Waals surface area (Å²) in [6, 6.07) is 18.9. The summed E-state index contributed by atoms with van der Waals surface area (Å²) in [4.78, 5) is 25.3. The van der Waals surface area contributed by atoms with Crippen molar-refractivity contribution in [3.63, 3.8) is 0 Å². The maximum atomic E-state index is 11.9. The molecule has 5 rings (SSSR count). The minimum absolute atomic E-state index is 0.00103. The molecule has 1 unspecified atom stereocenters. The number of nitrogens with zero attached hydrogens (tertiary/aromatic N) is 5. The Hall–Kier alpha value is -3.91. The summed E-state index contributed by atoms with van der Waals surface area (Å²) in [5.41, 5.74) is 4.96. The molecule has 0 bridgehead atoms. The van der Waals surface area contributed by atoms with Gasteiger partial charge in [-0.25, -0.2) is 4.98 Å². The summed E-state index contributed by atoms with van der Waals surface area (Å²) < 4.78 is 2.09. The Bertz CT molecular complexity index is 1330. The quantitative estimate of drug-likeness (QED) is 0.444. The zero-order valence-corrected chi connectivity index (χ0v) is 20.4. The fourth-order valence-corrected chi connectivity index (χ4v) is 4.53. The Kier molecular flexibility index (Phi) is 6.37. The summed E-state index contributed by atoms with van der Waals surface area (Å²) in [5, 5.41) is 7.79. The summed E-state index contributed by atoms with van der Waals surface area (Å²) in [6.45, 7) is 7.42. The molecule has 0 saturated carbocycles. The molecule has 4 aromatic rings. The van der Waals surface area contributed by atoms with Gasteiger partial charge in [0.05, 0.1) is 6.54 Å². The van der Waals surface area contributed by atoms with Crippen molar-refractivity contribution in [1.29, 1.82) is 0 Å². The van der Waals surface area contributed by atoms with Crippen molar-refractivity contribution in [2.45, 2.75) is 26.4 Å². The second kappa shape index (κ2) is 9.76. The van der Waals surface area contributed by atoms with E-state index in [0.717, 1.165) is 47.6 Å². The standard InChI is InChI=1S/C27H31N7O/c1-19-17-33(15-13-28-19)24-10-8-23(9-11-24)30-27-29-16-21-12-14-34(26(21)31-27)18-22-6-4-5-7-25(22)32(3)20(2)35/h4-12,14,16,19,28H,13,15,17-18H2,1-3H3,(H,29,30,31). The molecule has 2 aromatic carbocycles. The Balaban J connectivity index is 1.35. The SMILES string of the molecule is CC(=O)N(C)c1ccccc1Cn1ccc2cnc(Nc3ccc(N4CCNC(C)C4)cc3)nc21. The van der Waals surface area contributed by atoms with Gasteiger partial charge >= 0.3 is 0 Å². The van der Waals surface area contributed by atoms with Crippen LogP contribution in [0.4, 0.5) is 23.0 Å². The van der Waals surface area contributed by atoms with Crippen molar-refractivity contribution in [3.05, 3.63) is 72.6 Å². The van der Waals surface area contributed by atoms with Crippen LogP contribution in [0.5, 0.6) is 0 Å². The van der Waals surface area contributed by atoms with Crippen LogP contribution in [0, 0.1) is 0 Å². The Morgan fingerprint density at radius 3 is 2.74 bits per heavy atom. The van der Waals surface area contributed by atoms with Crippen LogP contribution in [0.15, 0.2) is 67.0 Å². The zero-order chi connectivity index (χ0) is 24.4. The normalized spacial score (nSPS) is 15.9. The molecule has 1 saturated heterocycles. The first-order chi connectivity index (χ1) is 17.0. The van der Waals surface area contributed by atoms with E-state index in [0.29, 0.717) is 18.5 Å². The van der Waals surface area contributed by atoms with Crippen LogP contribution in [-0.4, -0.2) is 53.2 Å². The highest BCUT2D eigenvalue weighted by Gasteiger charge is 2.16. The van der Waals surface area contributed by atoms with Gasteiger partial charge in [-0.3, -0.25) is 4.79 Å². The highest BCUT2D eigenvalue weighted by molar-refractivity contribution is 5.91. The van der Waals surface area contributed by atoms with Crippen molar-refractivity contribution < 1.29 is 4.79 Å². The van der Waals surface area contributed by atoms with Crippen LogP contribution in [-0.2, 0) is 11.3 Å². The first kappa shape index (κ1) is 22.9. The topological polar surface area (TPSA) is 78.3 Å². The lowest BCUT2D eigenvalue weighted by Crippen LogP contribution is -2.49. The second-order valence-electron chi connectivity index (χ2n) is 9.10. The Morgan fingerprint density at radius 2 is 1.97 bits per heavy atom. The predicted molar refractivity (Wildman–Crippen MR) is 142 cm³/mol. The smallest absolute Gasteiger partial charge is 0.229 e. The summed E-state index contributed by atoms with van der Waals surface area (Å²) >= 11 is 0. The van der Waals surface area contributed by atoms with Gasteiger partial charge in [-0.2, -0.15) is 4.98 Å². The van der Waals surface area contributed by atoms with Gasteiger partial charge in [0, 0.05) is 74.5 Å². The maximum Gasteiger partial charge on any atom is 0.229 e. The van der Waals surface area contributed by atoms with Crippen LogP contribution < -0.4 is 20.4 Å². The number of carbonyl (C=O) groups is 1. The first-order valence-corrected chi connectivity index (χ1v) is 12.0. The van der Waals surface area contributed by atoms with Gasteiger partial charge in [-0.05, 0) is 48.9 Å². The van der Waals surface area contributed by atoms with E-state index in [2.05, 4.69) is 56.3 Å². The third-order valence-electron chi connectivity index (χ3n) is 6.53. The molecular weight excluding hydrogens is 438 g/mol. The van der Waals surface area contributed by atoms with Crippen molar-refractivity contribution in [2.24, 2.45) is 0 Å². The van der Waals surface area contributed by atoms with E-state index >= 15 is 0 Å². The molecule has 1 aliphatic heterocycles. The van der Waals surface area contributed by atoms with Crippen molar-refractivity contribution >= 4 is 40.0 Å². The summed E-state index contributed by atoms with van der Waals surface area (Å²) in [7, 11) is 1.80. The lowest BCUT2D eigenvalue weighted by Gasteiger charge is -2.33. The third-order valence-corrected chi connectivity index (χ3v) is 6.53. The lowest BCUT2D eigenvalue weighted by atomic mass is 10.1. The summed E-state index contributed by atoms with van der Waals surface area (Å²) in [5.74, 6) is 0.552. The van der Waals surface area contributed by atoms with Crippen molar-refractivity contribution in [3.8, 4) is 0 Å². The minimum atomic E-state index is 0.00103. The molecule has 0 radical (unpaired) electrons. The number of rotatable bonds is 6. The summed E-state index contributed by atoms with van der Waals surface area (Å²) in [6.07, 6.45) is 3.85. The molecule has 8 nitrogen and oxygen atoms in total. The van der Waals surface area contributed by atoms with Crippen LogP contribution >= 0.6 is 0 Å². The Labute approximate surface area is 205 Å². The highest BCUT2D eigenvalue weighted by atomic mass is 16.2. The van der Waals surface area contributed by atoms with Crippen LogP contribution in [0.25, 0.3) is 11.0 Å². The van der Waals surface area contributed by atoms with E-state index in [1.165, 1.54) is 5.69 Å². The minimum Gasteiger partial charge on any atom is -0.369 e. The molecule has 3 heterocycles. The molecule has 1 fully saturated rings. The van der Waals surface area contributed by atoms with Crippen LogP contribution in [0.3, 0.4) is 0 Å². The number of fused-ring (bicyclic) bond motifs is 1. The number of amides is 1. The number of anilines is 4. The van der Waals surface area contributed by atoms with E-state index in [1.54, 1.807) is 18.9 Å². The molecule has 8 heteroatoms. The molecule has 0 spiro atoms. The van der Waals surface area contributed by atoms with Gasteiger partial charge in [0.2, 0.25) is 11.9 Å². The van der Waals surface area contributed by atoms with Gasteiger partial charge in [-0.15, -0.1) is 0 Å². The number of para-hydroxylation sites is 1. The van der Waals surface area contributed by atoms with Crippen LogP contribution in [0.2, 0.25) is 0 Å². The average Bonchev–Trinajstić information content (AvgIpc) is 3.26. The van der Waals surface area contributed by atoms with Crippen molar-refractivity contribution in [2.75, 3.05) is 41.8 Å². The molecule has 1 amide bonds. The molecule has 1 atom stereocenters. The zero-order valence-electron chi connectivity index (χ0n) is 20.4. The number of benzene rings is 2. The lowest BCUT2D eigenvalue weighted by molar-refractivity contribution is -0.116. The van der Waals surface area contributed by atoms with Gasteiger partial charge < -0.3 is 25.0 Å². The fourth-order valence-electron chi connectivity index (χ4n) is 4.53. The fraction of sp³-hybridized carbons (Fsp3) is 0.296. The van der Waals surface area contributed by atoms with E-state index < -0.39 is 0 Å². The highest BCUT2D eigenvalue weighted by Crippen LogP contribution is 2.25. The number of carbonyl (C=O) groups excluding carboxylic acids is 1. The average molecular weight is 470 g/mol. The van der Waals surface area contributed by atoms with E-state index in [4.69, 9.17) is 4.98 Å². The number of hydrogen-bond donors (Lipinski definition) is 2. The van der Waals surface area contributed by atoms with Gasteiger partial charge in [0.15, 0.2) is 0 Å². The van der Waals surface area contributed by atoms with E-state index in [-0.39, 0.29) is 5.91 Å². The first-order valence-electron chi connectivity index (χ1n) is 12.0. The number of piperazine rings is 1. The molecule has 1 aliphatic rings. The molecule has 180 valence electrons. The second-order valence-corrected chi connectivity index (χ2v) is 9.10. The number of aromatic nitrogens is 3.